The van der Waals surface area contributed by atoms with Gasteiger partial charge in [-0.2, -0.15) is 0 Å². The van der Waals surface area contributed by atoms with E-state index in [0.29, 0.717) is 6.04 Å². The van der Waals surface area contributed by atoms with Gasteiger partial charge in [-0.3, -0.25) is 0 Å². The number of unbranched alkanes of at least 4 members (excludes halogenated alkanes) is 4. The average molecular weight is 225 g/mol. The van der Waals surface area contributed by atoms with E-state index in [4.69, 9.17) is 0 Å². The van der Waals surface area contributed by atoms with Crippen LogP contribution in [0.4, 0.5) is 0 Å². The average Bonchev–Trinajstić information content (AvgIpc) is 2.28. The summed E-state index contributed by atoms with van der Waals surface area (Å²) in [6, 6.07) is 0.672. The molecule has 96 valence electrons. The lowest BCUT2D eigenvalue weighted by Crippen LogP contribution is -2.34. The summed E-state index contributed by atoms with van der Waals surface area (Å²) in [5, 5.41) is 0. The van der Waals surface area contributed by atoms with Gasteiger partial charge in [0.05, 0.1) is 0 Å². The van der Waals surface area contributed by atoms with Crippen molar-refractivity contribution in [1.29, 1.82) is 0 Å². The summed E-state index contributed by atoms with van der Waals surface area (Å²) < 4.78 is 0. The molecule has 0 aromatic heterocycles. The molecule has 1 nitrogen and oxygen atoms in total. The van der Waals surface area contributed by atoms with E-state index in [1.807, 2.05) is 0 Å². The maximum Gasteiger partial charge on any atom is 0.0101 e. The highest BCUT2D eigenvalue weighted by molar-refractivity contribution is 4.77. The molecule has 1 unspecified atom stereocenters. The van der Waals surface area contributed by atoms with Crippen LogP contribution in [0.2, 0.25) is 0 Å². The van der Waals surface area contributed by atoms with Crippen molar-refractivity contribution in [2.45, 2.75) is 71.8 Å². The Kier molecular flexibility index (Phi) is 11.0. The van der Waals surface area contributed by atoms with Crippen LogP contribution in [0.5, 0.6) is 0 Å². The fourth-order valence-corrected chi connectivity index (χ4v) is 2.07. The largest absolute Gasteiger partial charge is 0.300 e. The molecule has 0 aromatic carbocycles. The highest BCUT2D eigenvalue weighted by Crippen LogP contribution is 2.09. The number of nitrogens with zero attached hydrogens (tertiary/aromatic N) is 1. The van der Waals surface area contributed by atoms with Crippen LogP contribution in [0.1, 0.15) is 65.7 Å². The predicted molar refractivity (Wildman–Crippen MR) is 74.9 cm³/mol. The summed E-state index contributed by atoms with van der Waals surface area (Å²) >= 11 is 0. The molecule has 0 N–H and O–H groups in total. The molecule has 1 heteroatoms. The van der Waals surface area contributed by atoms with Crippen molar-refractivity contribution in [2.24, 2.45) is 0 Å². The van der Waals surface area contributed by atoms with Gasteiger partial charge in [0.15, 0.2) is 0 Å². The molecule has 0 radical (unpaired) electrons. The third-order valence-corrected chi connectivity index (χ3v) is 3.23. The van der Waals surface area contributed by atoms with Crippen LogP contribution in [-0.4, -0.2) is 24.0 Å². The molecule has 0 aliphatic carbocycles. The third kappa shape index (κ3) is 7.92. The van der Waals surface area contributed by atoms with Crippen molar-refractivity contribution in [2.75, 3.05) is 13.1 Å². The van der Waals surface area contributed by atoms with Gasteiger partial charge in [-0.15, -0.1) is 6.58 Å². The second-order valence-corrected chi connectivity index (χ2v) is 4.82. The summed E-state index contributed by atoms with van der Waals surface area (Å²) in [5.41, 5.74) is 0. The van der Waals surface area contributed by atoms with E-state index in [1.54, 1.807) is 0 Å². The maximum atomic E-state index is 3.85. The molecule has 0 amide bonds. The van der Waals surface area contributed by atoms with E-state index < -0.39 is 0 Å². The Balaban J connectivity index is 3.88. The van der Waals surface area contributed by atoms with E-state index in [1.165, 1.54) is 51.6 Å². The van der Waals surface area contributed by atoms with Gasteiger partial charge in [0.25, 0.3) is 0 Å². The zero-order valence-electron chi connectivity index (χ0n) is 11.7. The van der Waals surface area contributed by atoms with Crippen LogP contribution in [0.25, 0.3) is 0 Å². The molecule has 0 heterocycles. The molecule has 0 rings (SSSR count). The molecule has 0 spiro atoms. The molecule has 0 saturated heterocycles. The second kappa shape index (κ2) is 11.2. The zero-order chi connectivity index (χ0) is 12.2. The molecule has 0 aliphatic heterocycles. The van der Waals surface area contributed by atoms with Crippen LogP contribution in [-0.2, 0) is 0 Å². The summed E-state index contributed by atoms with van der Waals surface area (Å²) in [4.78, 5) is 2.65. The summed E-state index contributed by atoms with van der Waals surface area (Å²) in [6.45, 7) is 13.3. The Labute approximate surface area is 103 Å². The first-order valence-corrected chi connectivity index (χ1v) is 7.11. The molecule has 0 aromatic rings. The molecule has 0 fully saturated rings. The van der Waals surface area contributed by atoms with Crippen molar-refractivity contribution < 1.29 is 0 Å². The van der Waals surface area contributed by atoms with E-state index >= 15 is 0 Å². The Morgan fingerprint density at radius 2 is 1.50 bits per heavy atom. The van der Waals surface area contributed by atoms with Crippen LogP contribution in [0.15, 0.2) is 12.7 Å². The molecule has 0 bridgehead atoms. The van der Waals surface area contributed by atoms with Gasteiger partial charge >= 0.3 is 0 Å². The maximum absolute atomic E-state index is 3.85. The topological polar surface area (TPSA) is 3.24 Å². The Hall–Kier alpha value is -0.300. The predicted octanol–water partition coefficient (Wildman–Crippen LogP) is 4.63. The molecular weight excluding hydrogens is 194 g/mol. The van der Waals surface area contributed by atoms with Gasteiger partial charge < -0.3 is 4.90 Å². The Morgan fingerprint density at radius 3 is 1.88 bits per heavy atom. The molecule has 0 saturated carbocycles. The molecule has 16 heavy (non-hydrogen) atoms. The van der Waals surface area contributed by atoms with E-state index in [9.17, 15) is 0 Å². The summed E-state index contributed by atoms with van der Waals surface area (Å²) in [5.74, 6) is 0. The number of hydrogen-bond donors (Lipinski definition) is 0. The smallest absolute Gasteiger partial charge is 0.0101 e. The Morgan fingerprint density at radius 1 is 1.00 bits per heavy atom. The van der Waals surface area contributed by atoms with Crippen molar-refractivity contribution in [1.82, 2.24) is 4.90 Å². The Bertz CT molecular complexity index is 144. The minimum Gasteiger partial charge on any atom is -0.300 e. The van der Waals surface area contributed by atoms with E-state index in [0.717, 1.165) is 6.42 Å². The van der Waals surface area contributed by atoms with E-state index in [2.05, 4.69) is 38.3 Å². The lowest BCUT2D eigenvalue weighted by molar-refractivity contribution is 0.201. The van der Waals surface area contributed by atoms with Gasteiger partial charge in [0.1, 0.15) is 0 Å². The lowest BCUT2D eigenvalue weighted by atomic mass is 10.1. The number of rotatable bonds is 11. The van der Waals surface area contributed by atoms with Crippen LogP contribution >= 0.6 is 0 Å². The first kappa shape index (κ1) is 15.7. The van der Waals surface area contributed by atoms with Crippen molar-refractivity contribution in [3.63, 3.8) is 0 Å². The minimum absolute atomic E-state index is 0.672. The van der Waals surface area contributed by atoms with Crippen LogP contribution in [0, 0.1) is 0 Å². The first-order valence-electron chi connectivity index (χ1n) is 7.11. The number of hydrogen-bond acceptors (Lipinski definition) is 1. The van der Waals surface area contributed by atoms with E-state index in [-0.39, 0.29) is 0 Å². The van der Waals surface area contributed by atoms with Crippen molar-refractivity contribution in [3.8, 4) is 0 Å². The minimum atomic E-state index is 0.672. The lowest BCUT2D eigenvalue weighted by Gasteiger charge is -2.28. The fourth-order valence-electron chi connectivity index (χ4n) is 2.07. The van der Waals surface area contributed by atoms with Gasteiger partial charge in [0.2, 0.25) is 0 Å². The summed E-state index contributed by atoms with van der Waals surface area (Å²) in [7, 11) is 0. The van der Waals surface area contributed by atoms with Crippen LogP contribution in [0.3, 0.4) is 0 Å². The zero-order valence-corrected chi connectivity index (χ0v) is 11.7. The van der Waals surface area contributed by atoms with Gasteiger partial charge in [0, 0.05) is 6.04 Å². The highest BCUT2D eigenvalue weighted by Gasteiger charge is 2.11. The molecular formula is C15H31N. The van der Waals surface area contributed by atoms with Gasteiger partial charge in [-0.25, -0.2) is 0 Å². The first-order chi connectivity index (χ1) is 7.76. The molecule has 1 atom stereocenters. The third-order valence-electron chi connectivity index (χ3n) is 3.23. The van der Waals surface area contributed by atoms with Crippen molar-refractivity contribution >= 4 is 0 Å². The van der Waals surface area contributed by atoms with Crippen LogP contribution < -0.4 is 0 Å². The quantitative estimate of drug-likeness (QED) is 0.366. The van der Waals surface area contributed by atoms with Gasteiger partial charge in [-0.05, 0) is 39.3 Å². The SMILES string of the molecule is C=CCC(C)N(CCCCC)CCCCC. The standard InChI is InChI=1S/C15H31N/c1-5-8-10-13-16(14-11-9-6-2)15(4)12-7-3/h7,15H,3,5-6,8-14H2,1-2,4H3. The molecule has 0 aliphatic rings. The summed E-state index contributed by atoms with van der Waals surface area (Å²) in [6.07, 6.45) is 11.2. The van der Waals surface area contributed by atoms with Gasteiger partial charge in [-0.1, -0.05) is 45.6 Å². The normalized spacial score (nSPS) is 13.0. The second-order valence-electron chi connectivity index (χ2n) is 4.82. The highest BCUT2D eigenvalue weighted by atomic mass is 15.1. The fraction of sp³-hybridized carbons (Fsp3) is 0.867. The monoisotopic (exact) mass is 225 g/mol. The van der Waals surface area contributed by atoms with Crippen molar-refractivity contribution in [3.05, 3.63) is 12.7 Å².